The number of hydrogen-bond acceptors (Lipinski definition) is 5. The van der Waals surface area contributed by atoms with E-state index in [9.17, 15) is 18.0 Å². The van der Waals surface area contributed by atoms with Gasteiger partial charge in [-0.2, -0.15) is 5.06 Å². The number of halogens is 2. The van der Waals surface area contributed by atoms with Crippen molar-refractivity contribution in [3.05, 3.63) is 53.3 Å². The van der Waals surface area contributed by atoms with Gasteiger partial charge in [0.25, 0.3) is 0 Å². The van der Waals surface area contributed by atoms with Crippen LogP contribution in [0.25, 0.3) is 0 Å². The summed E-state index contributed by atoms with van der Waals surface area (Å²) in [5.74, 6) is 0.244. The molecule has 0 amide bonds. The van der Waals surface area contributed by atoms with E-state index in [2.05, 4.69) is 0 Å². The number of nitrogens with zero attached hydrogens (tertiary/aromatic N) is 1. The molecular weight excluding hydrogens is 369 g/mol. The molecule has 0 saturated carbocycles. The van der Waals surface area contributed by atoms with Crippen molar-refractivity contribution < 1.29 is 22.8 Å². The molecule has 3 rings (SSSR count). The number of ether oxygens (including phenoxy) is 1. The zero-order valence-corrected chi connectivity index (χ0v) is 14.8. The summed E-state index contributed by atoms with van der Waals surface area (Å²) in [7, 11) is -3.45. The van der Waals surface area contributed by atoms with E-state index >= 15 is 0 Å². The number of hydroxylamine groups is 2. The van der Waals surface area contributed by atoms with Crippen LogP contribution >= 0.6 is 11.6 Å². The maximum absolute atomic E-state index is 13.1. The summed E-state index contributed by atoms with van der Waals surface area (Å²) in [6, 6.07) is 10.1. The first-order valence-electron chi connectivity index (χ1n) is 7.77. The Morgan fingerprint density at radius 3 is 2.28 bits per heavy atom. The summed E-state index contributed by atoms with van der Waals surface area (Å²) >= 11 is 5.71. The van der Waals surface area contributed by atoms with Gasteiger partial charge in [-0.05, 0) is 49.2 Å². The Morgan fingerprint density at radius 1 is 1.08 bits per heavy atom. The highest BCUT2D eigenvalue weighted by atomic mass is 35.5. The first-order chi connectivity index (χ1) is 11.9. The second-order valence-electron chi connectivity index (χ2n) is 5.85. The van der Waals surface area contributed by atoms with Crippen LogP contribution in [0.15, 0.2) is 47.4 Å². The first-order valence-corrected chi connectivity index (χ1v) is 9.69. The van der Waals surface area contributed by atoms with Crippen molar-refractivity contribution in [3.63, 3.8) is 0 Å². The minimum atomic E-state index is -3.45. The number of hydrogen-bond donors (Lipinski definition) is 1. The molecule has 1 aliphatic rings. The Bertz CT molecular complexity index is 849. The summed E-state index contributed by atoms with van der Waals surface area (Å²) in [5.41, 5.74) is 0. The predicted molar refractivity (Wildman–Crippen MR) is 91.5 cm³/mol. The number of sulfone groups is 1. The van der Waals surface area contributed by atoms with Gasteiger partial charge in [-0.25, -0.2) is 12.8 Å². The van der Waals surface area contributed by atoms with Crippen molar-refractivity contribution in [1.29, 1.82) is 0 Å². The molecule has 2 aromatic carbocycles. The van der Waals surface area contributed by atoms with Gasteiger partial charge < -0.3 is 9.94 Å². The van der Waals surface area contributed by atoms with Gasteiger partial charge in [-0.1, -0.05) is 11.6 Å². The number of benzene rings is 2. The minimum Gasteiger partial charge on any atom is -0.457 e. The molecule has 134 valence electrons. The Kier molecular flexibility index (Phi) is 5.29. The maximum Gasteiger partial charge on any atom is 0.181 e. The highest BCUT2D eigenvalue weighted by Crippen LogP contribution is 2.29. The second-order valence-corrected chi connectivity index (χ2v) is 8.48. The van der Waals surface area contributed by atoms with Crippen LogP contribution in [0.2, 0.25) is 5.02 Å². The summed E-state index contributed by atoms with van der Waals surface area (Å²) in [5, 5.41) is 9.95. The van der Waals surface area contributed by atoms with Gasteiger partial charge >= 0.3 is 0 Å². The smallest absolute Gasteiger partial charge is 0.181 e. The van der Waals surface area contributed by atoms with Crippen LogP contribution in [-0.2, 0) is 9.84 Å². The van der Waals surface area contributed by atoms with E-state index < -0.39 is 20.9 Å². The van der Waals surface area contributed by atoms with E-state index in [0.717, 1.165) is 5.06 Å². The molecule has 1 aliphatic heterocycles. The van der Waals surface area contributed by atoms with Crippen LogP contribution in [0.4, 0.5) is 4.39 Å². The average Bonchev–Trinajstić information content (AvgIpc) is 2.59. The lowest BCUT2D eigenvalue weighted by Gasteiger charge is -2.27. The van der Waals surface area contributed by atoms with E-state index in [1.807, 2.05) is 0 Å². The van der Waals surface area contributed by atoms with E-state index in [4.69, 9.17) is 16.3 Å². The van der Waals surface area contributed by atoms with E-state index in [0.29, 0.717) is 37.4 Å². The number of piperidine rings is 1. The van der Waals surface area contributed by atoms with Crippen LogP contribution in [0.5, 0.6) is 11.5 Å². The summed E-state index contributed by atoms with van der Waals surface area (Å²) in [6.07, 6.45) is 0.788. The molecule has 1 heterocycles. The number of rotatable bonds is 4. The lowest BCUT2D eigenvalue weighted by molar-refractivity contribution is -0.102. The van der Waals surface area contributed by atoms with E-state index in [-0.39, 0.29) is 9.92 Å². The molecule has 25 heavy (non-hydrogen) atoms. The molecule has 1 saturated heterocycles. The molecule has 0 aliphatic carbocycles. The topological polar surface area (TPSA) is 66.8 Å². The fourth-order valence-electron chi connectivity index (χ4n) is 2.72. The third-order valence-electron chi connectivity index (χ3n) is 4.14. The minimum absolute atomic E-state index is 0.0491. The molecule has 8 heteroatoms. The molecule has 0 spiro atoms. The molecule has 0 radical (unpaired) electrons. The monoisotopic (exact) mass is 385 g/mol. The third kappa shape index (κ3) is 4.12. The Hall–Kier alpha value is -1.67. The van der Waals surface area contributed by atoms with Crippen molar-refractivity contribution in [2.45, 2.75) is 23.0 Å². The lowest BCUT2D eigenvalue weighted by Crippen LogP contribution is -2.37. The van der Waals surface area contributed by atoms with Crippen molar-refractivity contribution >= 4 is 21.4 Å². The molecule has 0 unspecified atom stereocenters. The molecule has 1 N–H and O–H groups in total. The fourth-order valence-corrected chi connectivity index (χ4v) is 4.62. The van der Waals surface area contributed by atoms with Crippen LogP contribution < -0.4 is 4.74 Å². The summed E-state index contributed by atoms with van der Waals surface area (Å²) < 4.78 is 44.0. The molecule has 0 aromatic heterocycles. The molecule has 0 atom stereocenters. The van der Waals surface area contributed by atoms with Crippen LogP contribution in [0.1, 0.15) is 12.8 Å². The van der Waals surface area contributed by atoms with Gasteiger partial charge in [-0.3, -0.25) is 0 Å². The Labute approximate surface area is 150 Å². The zero-order chi connectivity index (χ0) is 18.0. The van der Waals surface area contributed by atoms with Gasteiger partial charge in [0.05, 0.1) is 15.2 Å². The van der Waals surface area contributed by atoms with Crippen molar-refractivity contribution in [2.75, 3.05) is 13.1 Å². The largest absolute Gasteiger partial charge is 0.457 e. The fraction of sp³-hybridized carbons (Fsp3) is 0.294. The second kappa shape index (κ2) is 7.29. The lowest BCUT2D eigenvalue weighted by atomic mass is 10.2. The van der Waals surface area contributed by atoms with E-state index in [1.54, 1.807) is 12.1 Å². The van der Waals surface area contributed by atoms with E-state index in [1.165, 1.54) is 30.3 Å². The average molecular weight is 386 g/mol. The third-order valence-corrected chi connectivity index (χ3v) is 6.70. The van der Waals surface area contributed by atoms with Crippen molar-refractivity contribution in [2.24, 2.45) is 0 Å². The predicted octanol–water partition coefficient (Wildman–Crippen LogP) is 3.90. The van der Waals surface area contributed by atoms with Crippen molar-refractivity contribution in [1.82, 2.24) is 5.06 Å². The molecule has 5 nitrogen and oxygen atoms in total. The zero-order valence-electron chi connectivity index (χ0n) is 13.2. The normalized spacial score (nSPS) is 16.8. The molecular formula is C17H17ClFNO4S. The van der Waals surface area contributed by atoms with Gasteiger partial charge in [0.15, 0.2) is 9.84 Å². The van der Waals surface area contributed by atoms with Gasteiger partial charge in [0.1, 0.15) is 17.3 Å². The first kappa shape index (κ1) is 18.1. The summed E-state index contributed by atoms with van der Waals surface area (Å²) in [4.78, 5) is 0.216. The van der Waals surface area contributed by atoms with Crippen LogP contribution in [-0.4, -0.2) is 37.0 Å². The van der Waals surface area contributed by atoms with Gasteiger partial charge in [0, 0.05) is 19.2 Å². The Morgan fingerprint density at radius 2 is 1.68 bits per heavy atom. The van der Waals surface area contributed by atoms with Crippen LogP contribution in [0.3, 0.4) is 0 Å². The Balaban J connectivity index is 1.74. The quantitative estimate of drug-likeness (QED) is 0.864. The molecule has 0 bridgehead atoms. The van der Waals surface area contributed by atoms with Crippen LogP contribution in [0, 0.1) is 5.82 Å². The highest BCUT2D eigenvalue weighted by molar-refractivity contribution is 7.92. The highest BCUT2D eigenvalue weighted by Gasteiger charge is 2.30. The SMILES string of the molecule is O=S(=O)(c1ccc(Oc2ccc(F)c(Cl)c2)cc1)C1CCN(O)CC1. The molecule has 2 aromatic rings. The summed E-state index contributed by atoms with van der Waals surface area (Å²) in [6.45, 7) is 0.687. The maximum atomic E-state index is 13.1. The van der Waals surface area contributed by atoms with Gasteiger partial charge in [-0.15, -0.1) is 0 Å². The van der Waals surface area contributed by atoms with Gasteiger partial charge in [0.2, 0.25) is 0 Å². The standard InChI is InChI=1S/C17H17ClFNO4S/c18-16-11-13(3-6-17(16)19)24-12-1-4-14(5-2-12)25(22,23)15-7-9-20(21)10-8-15/h1-6,11,15,21H,7-10H2. The molecule has 1 fully saturated rings. The van der Waals surface area contributed by atoms with Crippen molar-refractivity contribution in [3.8, 4) is 11.5 Å².